The molecule has 0 radical (unpaired) electrons. The standard InChI is InChI=1S/C16H19N3O2/c1-3-19(10-15-11(2)17-21-18-15)16(20)14-9-13(14)12-7-5-4-6-8-12/h4-8,13-14H,3,9-10H2,1-2H3. The second-order valence-electron chi connectivity index (χ2n) is 5.51. The molecule has 21 heavy (non-hydrogen) atoms. The van der Waals surface area contributed by atoms with E-state index in [1.165, 1.54) is 5.56 Å². The molecule has 0 spiro atoms. The van der Waals surface area contributed by atoms with Gasteiger partial charge >= 0.3 is 0 Å². The van der Waals surface area contributed by atoms with E-state index in [9.17, 15) is 4.79 Å². The third kappa shape index (κ3) is 2.82. The van der Waals surface area contributed by atoms with Gasteiger partial charge in [-0.05, 0) is 31.7 Å². The Morgan fingerprint density at radius 2 is 2.10 bits per heavy atom. The van der Waals surface area contributed by atoms with Gasteiger partial charge in [0.15, 0.2) is 0 Å². The van der Waals surface area contributed by atoms with Gasteiger partial charge in [0.25, 0.3) is 0 Å². The van der Waals surface area contributed by atoms with Gasteiger partial charge in [-0.25, -0.2) is 4.63 Å². The molecular formula is C16H19N3O2. The minimum absolute atomic E-state index is 0.104. The zero-order chi connectivity index (χ0) is 14.8. The third-order valence-electron chi connectivity index (χ3n) is 4.12. The number of carbonyl (C=O) groups is 1. The van der Waals surface area contributed by atoms with E-state index in [0.29, 0.717) is 19.0 Å². The molecule has 2 unspecified atom stereocenters. The van der Waals surface area contributed by atoms with Gasteiger partial charge < -0.3 is 4.90 Å². The second-order valence-corrected chi connectivity index (χ2v) is 5.51. The summed E-state index contributed by atoms with van der Waals surface area (Å²) in [6.07, 6.45) is 0.940. The van der Waals surface area contributed by atoms with Gasteiger partial charge in [-0.2, -0.15) is 0 Å². The first kappa shape index (κ1) is 13.8. The largest absolute Gasteiger partial charge is 0.337 e. The van der Waals surface area contributed by atoms with Gasteiger partial charge in [0.1, 0.15) is 11.4 Å². The van der Waals surface area contributed by atoms with Crippen molar-refractivity contribution in [3.05, 3.63) is 47.3 Å². The normalized spacial score (nSPS) is 20.3. The first-order valence-electron chi connectivity index (χ1n) is 7.32. The summed E-state index contributed by atoms with van der Waals surface area (Å²) in [5.41, 5.74) is 2.74. The van der Waals surface area contributed by atoms with Gasteiger partial charge in [0.05, 0.1) is 6.54 Å². The molecule has 5 heteroatoms. The fourth-order valence-corrected chi connectivity index (χ4v) is 2.69. The van der Waals surface area contributed by atoms with E-state index in [-0.39, 0.29) is 11.8 Å². The molecule has 1 saturated carbocycles. The zero-order valence-corrected chi connectivity index (χ0v) is 12.3. The van der Waals surface area contributed by atoms with E-state index in [0.717, 1.165) is 17.8 Å². The maximum Gasteiger partial charge on any atom is 0.226 e. The Labute approximate surface area is 123 Å². The van der Waals surface area contributed by atoms with Crippen molar-refractivity contribution in [1.82, 2.24) is 15.2 Å². The average molecular weight is 285 g/mol. The molecule has 5 nitrogen and oxygen atoms in total. The lowest BCUT2D eigenvalue weighted by atomic mass is 10.1. The van der Waals surface area contributed by atoms with E-state index >= 15 is 0 Å². The van der Waals surface area contributed by atoms with Crippen molar-refractivity contribution >= 4 is 5.91 Å². The minimum Gasteiger partial charge on any atom is -0.337 e. The number of aromatic nitrogens is 2. The van der Waals surface area contributed by atoms with Crippen LogP contribution >= 0.6 is 0 Å². The average Bonchev–Trinajstić information content (AvgIpc) is 3.22. The summed E-state index contributed by atoms with van der Waals surface area (Å²) in [5.74, 6) is 0.672. The SMILES string of the molecule is CCN(Cc1nonc1C)C(=O)C1CC1c1ccccc1. The highest BCUT2D eigenvalue weighted by Crippen LogP contribution is 2.48. The van der Waals surface area contributed by atoms with Gasteiger partial charge in [0, 0.05) is 12.5 Å². The van der Waals surface area contributed by atoms with Crippen molar-refractivity contribution in [2.24, 2.45) is 5.92 Å². The lowest BCUT2D eigenvalue weighted by molar-refractivity contribution is -0.133. The number of benzene rings is 1. The molecule has 0 saturated heterocycles. The van der Waals surface area contributed by atoms with E-state index in [1.807, 2.05) is 36.9 Å². The molecule has 2 aromatic rings. The van der Waals surface area contributed by atoms with Gasteiger partial charge in [-0.1, -0.05) is 40.6 Å². The minimum atomic E-state index is 0.104. The molecule has 3 rings (SSSR count). The molecule has 0 N–H and O–H groups in total. The summed E-state index contributed by atoms with van der Waals surface area (Å²) < 4.78 is 4.70. The number of hydrogen-bond acceptors (Lipinski definition) is 4. The molecule has 1 amide bonds. The summed E-state index contributed by atoms with van der Waals surface area (Å²) in [5, 5.41) is 7.63. The number of aryl methyl sites for hydroxylation is 1. The van der Waals surface area contributed by atoms with Crippen molar-refractivity contribution in [2.75, 3.05) is 6.54 Å². The highest BCUT2D eigenvalue weighted by Gasteiger charge is 2.45. The molecule has 2 atom stereocenters. The molecule has 1 aliphatic carbocycles. The number of hydrogen-bond donors (Lipinski definition) is 0. The fourth-order valence-electron chi connectivity index (χ4n) is 2.69. The van der Waals surface area contributed by atoms with E-state index in [4.69, 9.17) is 4.63 Å². The third-order valence-corrected chi connectivity index (χ3v) is 4.12. The first-order valence-corrected chi connectivity index (χ1v) is 7.32. The molecule has 110 valence electrons. The van der Waals surface area contributed by atoms with Crippen LogP contribution in [0.1, 0.15) is 36.2 Å². The lowest BCUT2D eigenvalue weighted by Crippen LogP contribution is -2.32. The first-order chi connectivity index (χ1) is 10.2. The number of rotatable bonds is 5. The highest BCUT2D eigenvalue weighted by molar-refractivity contribution is 5.83. The monoisotopic (exact) mass is 285 g/mol. The van der Waals surface area contributed by atoms with Crippen molar-refractivity contribution < 1.29 is 9.42 Å². The predicted octanol–water partition coefficient (Wildman–Crippen LogP) is 2.53. The summed E-state index contributed by atoms with van der Waals surface area (Å²) in [7, 11) is 0. The Bertz CT molecular complexity index is 623. The Kier molecular flexibility index (Phi) is 3.73. The lowest BCUT2D eigenvalue weighted by Gasteiger charge is -2.19. The van der Waals surface area contributed by atoms with E-state index in [2.05, 4.69) is 22.4 Å². The van der Waals surface area contributed by atoms with Gasteiger partial charge in [0.2, 0.25) is 5.91 Å². The topological polar surface area (TPSA) is 59.2 Å². The molecule has 1 aromatic carbocycles. The van der Waals surface area contributed by atoms with Crippen LogP contribution in [-0.4, -0.2) is 27.7 Å². The van der Waals surface area contributed by atoms with Crippen LogP contribution < -0.4 is 0 Å². The van der Waals surface area contributed by atoms with Crippen LogP contribution in [0.5, 0.6) is 0 Å². The van der Waals surface area contributed by atoms with Crippen LogP contribution in [0, 0.1) is 12.8 Å². The van der Waals surface area contributed by atoms with Crippen LogP contribution in [0.15, 0.2) is 35.0 Å². The predicted molar refractivity (Wildman–Crippen MR) is 77.4 cm³/mol. The van der Waals surface area contributed by atoms with Crippen LogP contribution in [0.3, 0.4) is 0 Å². The van der Waals surface area contributed by atoms with Crippen LogP contribution in [0.4, 0.5) is 0 Å². The molecule has 1 heterocycles. The molecule has 1 aromatic heterocycles. The molecule has 0 bridgehead atoms. The molecule has 1 fully saturated rings. The maximum absolute atomic E-state index is 12.6. The smallest absolute Gasteiger partial charge is 0.226 e. The summed E-state index contributed by atoms with van der Waals surface area (Å²) in [4.78, 5) is 14.4. The van der Waals surface area contributed by atoms with Crippen LogP contribution in [0.2, 0.25) is 0 Å². The zero-order valence-electron chi connectivity index (χ0n) is 12.3. The van der Waals surface area contributed by atoms with Gasteiger partial charge in [-0.15, -0.1) is 0 Å². The summed E-state index contributed by atoms with van der Waals surface area (Å²) in [6, 6.07) is 10.2. The van der Waals surface area contributed by atoms with Crippen molar-refractivity contribution in [1.29, 1.82) is 0 Å². The molecule has 0 aliphatic heterocycles. The highest BCUT2D eigenvalue weighted by atomic mass is 16.6. The van der Waals surface area contributed by atoms with Crippen molar-refractivity contribution in [3.63, 3.8) is 0 Å². The van der Waals surface area contributed by atoms with Crippen LogP contribution in [-0.2, 0) is 11.3 Å². The van der Waals surface area contributed by atoms with Gasteiger partial charge in [-0.3, -0.25) is 4.79 Å². The Morgan fingerprint density at radius 1 is 1.33 bits per heavy atom. The fraction of sp³-hybridized carbons (Fsp3) is 0.438. The molecular weight excluding hydrogens is 266 g/mol. The van der Waals surface area contributed by atoms with E-state index < -0.39 is 0 Å². The number of amides is 1. The Balaban J connectivity index is 1.66. The van der Waals surface area contributed by atoms with Crippen LogP contribution in [0.25, 0.3) is 0 Å². The summed E-state index contributed by atoms with van der Waals surface area (Å²) in [6.45, 7) is 4.97. The van der Waals surface area contributed by atoms with E-state index in [1.54, 1.807) is 0 Å². The number of carbonyl (C=O) groups excluding carboxylic acids is 1. The van der Waals surface area contributed by atoms with Crippen molar-refractivity contribution in [3.8, 4) is 0 Å². The van der Waals surface area contributed by atoms with Crippen molar-refractivity contribution in [2.45, 2.75) is 32.7 Å². The maximum atomic E-state index is 12.6. The Morgan fingerprint density at radius 3 is 2.71 bits per heavy atom. The summed E-state index contributed by atoms with van der Waals surface area (Å²) >= 11 is 0. The Hall–Kier alpha value is -2.17. The number of nitrogens with zero attached hydrogens (tertiary/aromatic N) is 3. The molecule has 1 aliphatic rings. The second kappa shape index (κ2) is 5.68. The quantitative estimate of drug-likeness (QED) is 0.847.